The third kappa shape index (κ3) is 22.1. The van der Waals surface area contributed by atoms with Crippen LogP contribution in [0, 0.1) is 71.0 Å². The quantitative estimate of drug-likeness (QED) is 0.0791. The van der Waals surface area contributed by atoms with Gasteiger partial charge < -0.3 is 19.6 Å². The Morgan fingerprint density at radius 2 is 0.690 bits per heavy atom. The second kappa shape index (κ2) is 47.7. The van der Waals surface area contributed by atoms with Crippen molar-refractivity contribution < 1.29 is 61.1 Å². The van der Waals surface area contributed by atoms with Crippen molar-refractivity contribution in [2.24, 2.45) is 4.99 Å². The van der Waals surface area contributed by atoms with Gasteiger partial charge in [-0.05, 0) is 204 Å². The zero-order chi connectivity index (χ0) is 63.0. The van der Waals surface area contributed by atoms with Crippen LogP contribution < -0.4 is 24.6 Å². The molecule has 0 aliphatic heterocycles. The van der Waals surface area contributed by atoms with E-state index in [1.807, 2.05) is 0 Å². The average Bonchev–Trinajstić information content (AvgIpc) is 1.62. The third-order valence-electron chi connectivity index (χ3n) is 14.3. The van der Waals surface area contributed by atoms with Crippen molar-refractivity contribution in [3.05, 3.63) is 254 Å². The Bertz CT molecular complexity index is 2860. The van der Waals surface area contributed by atoms with Gasteiger partial charge in [-0.25, -0.2) is 4.99 Å². The van der Waals surface area contributed by atoms with E-state index >= 15 is 0 Å². The Hall–Kier alpha value is -8.52. The second-order valence-corrected chi connectivity index (χ2v) is 18.2. The monoisotopic (exact) mass is 1290 g/mol. The Balaban J connectivity index is -0.00000134. The molecule has 2 aliphatic carbocycles. The molecule has 0 amide bonds. The van der Waals surface area contributed by atoms with E-state index in [1.54, 1.807) is 0 Å². The van der Waals surface area contributed by atoms with Gasteiger partial charge in [0.05, 0.1) is 24.4 Å². The first-order chi connectivity index (χ1) is 41.3. The van der Waals surface area contributed by atoms with Gasteiger partial charge in [0, 0.05) is 91.6 Å². The Labute approximate surface area is 553 Å². The van der Waals surface area contributed by atoms with Crippen molar-refractivity contribution in [2.75, 3.05) is 80.1 Å². The summed E-state index contributed by atoms with van der Waals surface area (Å²) in [5, 5.41) is 37.5. The van der Waals surface area contributed by atoms with Crippen molar-refractivity contribution in [2.45, 2.75) is 69.2 Å². The molecule has 6 aromatic carbocycles. The zero-order valence-corrected chi connectivity index (χ0v) is 54.7. The molecule has 0 spiro atoms. The molecular formula is C72H80Cu2FeN12+4. The summed E-state index contributed by atoms with van der Waals surface area (Å²) in [6.07, 6.45) is 8.95. The van der Waals surface area contributed by atoms with E-state index in [9.17, 15) is 0 Å². The van der Waals surface area contributed by atoms with Crippen LogP contribution in [0.1, 0.15) is 114 Å². The molecule has 0 saturated heterocycles. The first kappa shape index (κ1) is 82.7. The molecule has 6 radical (unpaired) electrons. The predicted molar refractivity (Wildman–Crippen MR) is 344 cm³/mol. The molecule has 8 rings (SSSR count). The number of aliphatic imine (C=N–C) groups is 1. The third-order valence-corrected chi connectivity index (χ3v) is 14.3. The predicted octanol–water partition coefficient (Wildman–Crippen LogP) is 12.8. The van der Waals surface area contributed by atoms with Gasteiger partial charge >= 0.3 is 34.1 Å². The Kier molecular flexibility index (Phi) is 45.3. The number of hydrogen-bond acceptors (Lipinski definition) is 10. The van der Waals surface area contributed by atoms with Crippen LogP contribution in [0.4, 0.5) is 22.7 Å². The van der Waals surface area contributed by atoms with Crippen LogP contribution in [0.3, 0.4) is 0 Å². The molecule has 15 heteroatoms. The van der Waals surface area contributed by atoms with Crippen molar-refractivity contribution in [1.82, 2.24) is 0 Å². The first-order valence-corrected chi connectivity index (χ1v) is 28.3. The van der Waals surface area contributed by atoms with Gasteiger partial charge in [-0.3, -0.25) is 4.99 Å². The number of nitrogens with one attached hydrogen (secondary N) is 2. The summed E-state index contributed by atoms with van der Waals surface area (Å²) in [6.45, 7) is 60.4. The molecule has 87 heavy (non-hydrogen) atoms. The van der Waals surface area contributed by atoms with E-state index in [1.165, 1.54) is 100 Å². The molecule has 6 aromatic rings. The van der Waals surface area contributed by atoms with Gasteiger partial charge in [0.1, 0.15) is 12.2 Å². The number of anilines is 3. The minimum Gasteiger partial charge on any atom is -0.372 e. The fourth-order valence-corrected chi connectivity index (χ4v) is 10.4. The molecule has 0 unspecified atom stereocenters. The summed E-state index contributed by atoms with van der Waals surface area (Å²) in [4.78, 5) is 17.0. The van der Waals surface area contributed by atoms with E-state index in [-0.39, 0.29) is 51.2 Å². The van der Waals surface area contributed by atoms with E-state index in [0.29, 0.717) is 0 Å². The van der Waals surface area contributed by atoms with Gasteiger partial charge in [0.15, 0.2) is 39.4 Å². The molecule has 2 N–H and O–H groups in total. The number of rotatable bonds is 18. The molecule has 0 atom stereocenters. The number of fused-ring (bicyclic) bond motifs is 2. The summed E-state index contributed by atoms with van der Waals surface area (Å²) >= 11 is 0. The second-order valence-electron chi connectivity index (χ2n) is 18.2. The maximum Gasteiger partial charge on any atom is 1.00 e. The van der Waals surface area contributed by atoms with E-state index in [4.69, 9.17) is 76.0 Å². The molecule has 0 saturated carbocycles. The van der Waals surface area contributed by atoms with Crippen LogP contribution in [0.2, 0.25) is 0 Å². The van der Waals surface area contributed by atoms with Crippen LogP contribution in [-0.2, 0) is 51.2 Å². The molecule has 0 aromatic heterocycles. The van der Waals surface area contributed by atoms with Crippen LogP contribution >= 0.6 is 0 Å². The van der Waals surface area contributed by atoms with Crippen molar-refractivity contribution in [3.63, 3.8) is 0 Å². The van der Waals surface area contributed by atoms with Crippen LogP contribution in [0.15, 0.2) is 175 Å². The fourth-order valence-electron chi connectivity index (χ4n) is 10.4. The van der Waals surface area contributed by atoms with Crippen molar-refractivity contribution in [3.8, 4) is 0 Å². The minimum absolute atomic E-state index is 0. The minimum atomic E-state index is 0. The van der Waals surface area contributed by atoms with Gasteiger partial charge in [0.25, 0.3) is 0 Å². The van der Waals surface area contributed by atoms with Crippen LogP contribution in [0.5, 0.6) is 0 Å². The largest absolute Gasteiger partial charge is 1.00 e. The van der Waals surface area contributed by atoms with E-state index in [2.05, 4.69) is 259 Å². The number of quaternary nitrogens is 1. The molecule has 0 heterocycles. The summed E-state index contributed by atoms with van der Waals surface area (Å²) in [5.74, 6) is 0. The molecule has 0 fully saturated rings. The summed E-state index contributed by atoms with van der Waals surface area (Å²) in [7, 11) is 0. The molecule has 0 bridgehead atoms. The normalized spacial score (nSPS) is 12.1. The molecule has 2 aliphatic rings. The molecule has 454 valence electrons. The number of benzene rings is 6. The van der Waals surface area contributed by atoms with E-state index < -0.39 is 0 Å². The van der Waals surface area contributed by atoms with Crippen LogP contribution in [-0.4, -0.2) is 76.9 Å². The molecular weight excluding hydrogens is 1220 g/mol. The fraction of sp³-hybridized carbons (Fsp3) is 0.278. The van der Waals surface area contributed by atoms with E-state index in [0.717, 1.165) is 71.2 Å². The van der Waals surface area contributed by atoms with Crippen LogP contribution in [0.25, 0.3) is 22.3 Å². The number of nitrogens with zero attached hydrogens (tertiary/aromatic N) is 10. The van der Waals surface area contributed by atoms with Gasteiger partial charge in [-0.1, -0.05) is 84.9 Å². The first-order valence-electron chi connectivity index (χ1n) is 28.3. The Morgan fingerprint density at radius 1 is 0.391 bits per heavy atom. The molecule has 12 nitrogen and oxygen atoms in total. The van der Waals surface area contributed by atoms with Gasteiger partial charge in [0.2, 0.25) is 5.71 Å². The zero-order valence-electron chi connectivity index (χ0n) is 51.7. The van der Waals surface area contributed by atoms with Gasteiger partial charge in [-0.15, -0.1) is 0 Å². The maximum absolute atomic E-state index is 6.25. The summed E-state index contributed by atoms with van der Waals surface area (Å²) < 4.78 is 0. The number of hydrogen-bond donors (Lipinski definition) is 2. The average molecular weight is 1300 g/mol. The summed E-state index contributed by atoms with van der Waals surface area (Å²) in [5.41, 5.74) is 22.4. The summed E-state index contributed by atoms with van der Waals surface area (Å²) in [6, 6.07) is 53.9. The van der Waals surface area contributed by atoms with Gasteiger partial charge in [-0.2, -0.15) is 31.6 Å². The Morgan fingerprint density at radius 3 is 1.00 bits per heavy atom. The number of allylic oxidation sites excluding steroid dienone is 6. The van der Waals surface area contributed by atoms with Crippen molar-refractivity contribution >= 4 is 56.5 Å². The smallest absolute Gasteiger partial charge is 0.372 e. The SMILES string of the molecule is CCN=C1C=CC(=C(c2ccc(N(CC)CC)cc2)c2ccc(N(CC)CC)cc2)c2ccccc21.CC[NH+]=C1C=CC(=C(c2ccc(N(CC)CC)cc2)c2ccc([NH+](CC)CC)cc2)c2ccccc21.[C]#N.[C]#N.[C]#N.[C]#N.[C]#N.[C]#N.[Cu+].[Cu+].[Fe]. The standard InChI is InChI=1S/2C33H39N3.6CN.2Cu.Fe/c2*1-6-34-32-24-23-31(29-13-11-12-14-30(29)32)33(25-15-19-27(20-16-25)35(7-2)8-3)26-17-21-28(22-18-26)36(9-4)10-5;6*1-2;;;/h2*11-24H,6-10H2,1-5H3;;;;;;;;;/q;;;;;;;;2*+1;/p+2. The topological polar surface area (TPSA) is 183 Å². The van der Waals surface area contributed by atoms with Crippen molar-refractivity contribution in [1.29, 1.82) is 31.6 Å². The maximum atomic E-state index is 6.25.